The van der Waals surface area contributed by atoms with Crippen molar-refractivity contribution in [3.63, 3.8) is 0 Å². The topological polar surface area (TPSA) is 55.3 Å². The summed E-state index contributed by atoms with van der Waals surface area (Å²) in [5, 5.41) is 0. The maximum atomic E-state index is 13.8. The number of amides is 1. The lowest BCUT2D eigenvalue weighted by molar-refractivity contribution is -0.140. The zero-order valence-electron chi connectivity index (χ0n) is 14.3. The van der Waals surface area contributed by atoms with E-state index in [9.17, 15) is 9.18 Å². The fourth-order valence-electron chi connectivity index (χ4n) is 3.14. The number of piperidine rings is 1. The van der Waals surface area contributed by atoms with E-state index in [1.165, 1.54) is 6.07 Å². The molecule has 3 rings (SSSR count). The summed E-state index contributed by atoms with van der Waals surface area (Å²) in [6, 6.07) is 8.11. The van der Waals surface area contributed by atoms with E-state index in [2.05, 4.69) is 9.97 Å². The van der Waals surface area contributed by atoms with Gasteiger partial charge in [0.25, 0.3) is 5.91 Å². The molecule has 0 radical (unpaired) electrons. The van der Waals surface area contributed by atoms with Crippen LogP contribution in [0.25, 0.3) is 0 Å². The summed E-state index contributed by atoms with van der Waals surface area (Å²) in [7, 11) is 0. The van der Waals surface area contributed by atoms with Gasteiger partial charge in [0.15, 0.2) is 17.7 Å². The molecule has 0 aliphatic carbocycles. The molecule has 25 heavy (non-hydrogen) atoms. The Labute approximate surface area is 146 Å². The predicted octanol–water partition coefficient (Wildman–Crippen LogP) is 3.18. The summed E-state index contributed by atoms with van der Waals surface area (Å²) >= 11 is 0. The molecule has 5 nitrogen and oxygen atoms in total. The summed E-state index contributed by atoms with van der Waals surface area (Å²) in [5.74, 6) is -0.0544. The largest absolute Gasteiger partial charge is 0.478 e. The van der Waals surface area contributed by atoms with Crippen molar-refractivity contribution in [2.45, 2.75) is 38.2 Å². The second kappa shape index (κ2) is 8.05. The molecule has 1 aliphatic heterocycles. The van der Waals surface area contributed by atoms with Gasteiger partial charge in [0.1, 0.15) is 6.33 Å². The Hall–Kier alpha value is -2.50. The summed E-state index contributed by atoms with van der Waals surface area (Å²) in [6.07, 6.45) is 4.86. The van der Waals surface area contributed by atoms with Crippen LogP contribution in [0.5, 0.6) is 5.75 Å². The molecule has 0 spiro atoms. The minimum absolute atomic E-state index is 0.0770. The van der Waals surface area contributed by atoms with Gasteiger partial charge in [-0.2, -0.15) is 0 Å². The smallest absolute Gasteiger partial charge is 0.263 e. The number of halogens is 1. The van der Waals surface area contributed by atoms with Crippen LogP contribution in [0.2, 0.25) is 0 Å². The van der Waals surface area contributed by atoms with Crippen LogP contribution in [0.15, 0.2) is 42.9 Å². The van der Waals surface area contributed by atoms with Crippen molar-refractivity contribution in [3.05, 3.63) is 54.4 Å². The lowest BCUT2D eigenvalue weighted by Gasteiger charge is -2.33. The van der Waals surface area contributed by atoms with E-state index in [-0.39, 0.29) is 11.7 Å². The Kier molecular flexibility index (Phi) is 5.58. The molecule has 1 aromatic heterocycles. The Morgan fingerprint density at radius 2 is 2.08 bits per heavy atom. The zero-order valence-corrected chi connectivity index (χ0v) is 14.3. The van der Waals surface area contributed by atoms with Crippen LogP contribution in [-0.4, -0.2) is 40.0 Å². The fourth-order valence-corrected chi connectivity index (χ4v) is 3.14. The third-order valence-corrected chi connectivity index (χ3v) is 4.58. The van der Waals surface area contributed by atoms with Crippen molar-refractivity contribution in [3.8, 4) is 5.75 Å². The monoisotopic (exact) mass is 343 g/mol. The molecule has 1 fully saturated rings. The highest BCUT2D eigenvalue weighted by Crippen LogP contribution is 2.27. The van der Waals surface area contributed by atoms with Crippen molar-refractivity contribution in [2.75, 3.05) is 13.1 Å². The number of para-hydroxylation sites is 1. The molecule has 0 N–H and O–H groups in total. The SMILES string of the molecule is CCC(Oc1ccccc1F)C(=O)N1CCC(c2ccncn2)CC1. The standard InChI is InChI=1S/C19H22FN3O2/c1-2-17(25-18-6-4-3-5-15(18)20)19(24)23-11-8-14(9-12-23)16-7-10-21-13-22-16/h3-7,10,13-14,17H,2,8-9,11-12H2,1H3. The highest BCUT2D eigenvalue weighted by Gasteiger charge is 2.29. The highest BCUT2D eigenvalue weighted by molar-refractivity contribution is 5.81. The Morgan fingerprint density at radius 3 is 2.72 bits per heavy atom. The number of ether oxygens (including phenoxy) is 1. The van der Waals surface area contributed by atoms with Gasteiger partial charge in [0.2, 0.25) is 0 Å². The number of hydrogen-bond donors (Lipinski definition) is 0. The van der Waals surface area contributed by atoms with Gasteiger partial charge in [-0.05, 0) is 37.5 Å². The zero-order chi connectivity index (χ0) is 17.6. The molecule has 1 amide bonds. The van der Waals surface area contributed by atoms with Gasteiger partial charge in [-0.3, -0.25) is 4.79 Å². The molecular weight excluding hydrogens is 321 g/mol. The van der Waals surface area contributed by atoms with Crippen LogP contribution in [0.3, 0.4) is 0 Å². The van der Waals surface area contributed by atoms with E-state index in [0.29, 0.717) is 25.4 Å². The van der Waals surface area contributed by atoms with Gasteiger partial charge < -0.3 is 9.64 Å². The van der Waals surface area contributed by atoms with Crippen molar-refractivity contribution in [1.29, 1.82) is 0 Å². The Bertz CT molecular complexity index is 703. The predicted molar refractivity (Wildman–Crippen MR) is 91.7 cm³/mol. The number of carbonyl (C=O) groups is 1. The van der Waals surface area contributed by atoms with Crippen LogP contribution in [0, 0.1) is 5.82 Å². The number of rotatable bonds is 5. The molecule has 132 valence electrons. The van der Waals surface area contributed by atoms with Crippen molar-refractivity contribution >= 4 is 5.91 Å². The Balaban J connectivity index is 1.60. The van der Waals surface area contributed by atoms with Crippen LogP contribution >= 0.6 is 0 Å². The first kappa shape index (κ1) is 17.3. The first-order chi connectivity index (χ1) is 12.2. The Morgan fingerprint density at radius 1 is 1.32 bits per heavy atom. The molecule has 1 aromatic carbocycles. The highest BCUT2D eigenvalue weighted by atomic mass is 19.1. The summed E-state index contributed by atoms with van der Waals surface area (Å²) in [6.45, 7) is 3.19. The normalized spacial score (nSPS) is 16.5. The number of carbonyl (C=O) groups excluding carboxylic acids is 1. The van der Waals surface area contributed by atoms with E-state index >= 15 is 0 Å². The number of nitrogens with zero attached hydrogens (tertiary/aromatic N) is 3. The number of likely N-dealkylation sites (tertiary alicyclic amines) is 1. The maximum Gasteiger partial charge on any atom is 0.263 e. The quantitative estimate of drug-likeness (QED) is 0.837. The van der Waals surface area contributed by atoms with E-state index in [1.807, 2.05) is 17.9 Å². The lowest BCUT2D eigenvalue weighted by atomic mass is 9.93. The van der Waals surface area contributed by atoms with Crippen LogP contribution in [-0.2, 0) is 4.79 Å². The minimum atomic E-state index is -0.660. The van der Waals surface area contributed by atoms with Crippen LogP contribution in [0.4, 0.5) is 4.39 Å². The van der Waals surface area contributed by atoms with Gasteiger partial charge in [-0.25, -0.2) is 14.4 Å². The van der Waals surface area contributed by atoms with Gasteiger partial charge in [-0.1, -0.05) is 19.1 Å². The summed E-state index contributed by atoms with van der Waals surface area (Å²) in [4.78, 5) is 22.8. The van der Waals surface area contributed by atoms with Gasteiger partial charge in [0, 0.05) is 30.9 Å². The molecular formula is C19H22FN3O2. The van der Waals surface area contributed by atoms with Gasteiger partial charge >= 0.3 is 0 Å². The molecule has 1 aliphatic rings. The van der Waals surface area contributed by atoms with Crippen molar-refractivity contribution in [2.24, 2.45) is 0 Å². The fraction of sp³-hybridized carbons (Fsp3) is 0.421. The average Bonchev–Trinajstić information content (AvgIpc) is 2.68. The molecule has 1 unspecified atom stereocenters. The molecule has 2 heterocycles. The average molecular weight is 343 g/mol. The molecule has 1 atom stereocenters. The summed E-state index contributed by atoms with van der Waals surface area (Å²) < 4.78 is 19.4. The minimum Gasteiger partial charge on any atom is -0.478 e. The van der Waals surface area contributed by atoms with Crippen LogP contribution < -0.4 is 4.74 Å². The molecule has 0 saturated carbocycles. The van der Waals surface area contributed by atoms with E-state index < -0.39 is 11.9 Å². The third-order valence-electron chi connectivity index (χ3n) is 4.58. The van der Waals surface area contributed by atoms with E-state index in [1.54, 1.807) is 30.7 Å². The third kappa shape index (κ3) is 4.13. The van der Waals surface area contributed by atoms with E-state index in [0.717, 1.165) is 18.5 Å². The number of hydrogen-bond acceptors (Lipinski definition) is 4. The summed E-state index contributed by atoms with van der Waals surface area (Å²) in [5.41, 5.74) is 1.02. The first-order valence-corrected chi connectivity index (χ1v) is 8.65. The second-order valence-corrected chi connectivity index (χ2v) is 6.18. The van der Waals surface area contributed by atoms with Crippen molar-refractivity contribution in [1.82, 2.24) is 14.9 Å². The first-order valence-electron chi connectivity index (χ1n) is 8.65. The molecule has 1 saturated heterocycles. The van der Waals surface area contributed by atoms with Gasteiger partial charge in [0.05, 0.1) is 0 Å². The van der Waals surface area contributed by atoms with Crippen LogP contribution in [0.1, 0.15) is 37.8 Å². The second-order valence-electron chi connectivity index (χ2n) is 6.18. The number of aromatic nitrogens is 2. The van der Waals surface area contributed by atoms with Gasteiger partial charge in [-0.15, -0.1) is 0 Å². The van der Waals surface area contributed by atoms with E-state index in [4.69, 9.17) is 4.74 Å². The molecule has 2 aromatic rings. The maximum absolute atomic E-state index is 13.8. The molecule has 0 bridgehead atoms. The number of benzene rings is 1. The lowest BCUT2D eigenvalue weighted by Crippen LogP contribution is -2.45. The molecule has 6 heteroatoms. The van der Waals surface area contributed by atoms with Crippen molar-refractivity contribution < 1.29 is 13.9 Å².